The number of nitrogens with zero attached hydrogens (tertiary/aromatic N) is 1. The third-order valence-corrected chi connectivity index (χ3v) is 3.53. The summed E-state index contributed by atoms with van der Waals surface area (Å²) in [6, 6.07) is 3.44. The smallest absolute Gasteiger partial charge is 0.433 e. The lowest BCUT2D eigenvalue weighted by Crippen LogP contribution is -2.38. The summed E-state index contributed by atoms with van der Waals surface area (Å²) in [6.45, 7) is 4.81. The lowest BCUT2D eigenvalue weighted by molar-refractivity contribution is -0.141. The number of nitrogens with one attached hydrogen (secondary N) is 1. The number of hydrogen-bond acceptors (Lipinski definition) is 4. The molecule has 0 aliphatic rings. The number of hydrogen-bond donors (Lipinski definition) is 2. The summed E-state index contributed by atoms with van der Waals surface area (Å²) in [7, 11) is 0. The van der Waals surface area contributed by atoms with Crippen LogP contribution in [0.25, 0.3) is 0 Å². The number of pyridine rings is 1. The number of halogens is 3. The van der Waals surface area contributed by atoms with Crippen LogP contribution < -0.4 is 5.32 Å². The van der Waals surface area contributed by atoms with Crippen LogP contribution in [0.15, 0.2) is 28.8 Å². The molecule has 0 aromatic carbocycles. The number of aliphatic hydroxyl groups is 1. The Morgan fingerprint density at radius 3 is 2.46 bits per heavy atom. The first-order valence-electron chi connectivity index (χ1n) is 7.12. The normalized spacial score (nSPS) is 14.3. The summed E-state index contributed by atoms with van der Waals surface area (Å²) in [4.78, 5) is 15.2. The Balaban J connectivity index is 2.06. The maximum atomic E-state index is 12.4. The first-order chi connectivity index (χ1) is 11.0. The highest BCUT2D eigenvalue weighted by Crippen LogP contribution is 2.28. The second-order valence-electron chi connectivity index (χ2n) is 5.71. The molecule has 5 nitrogen and oxygen atoms in total. The summed E-state index contributed by atoms with van der Waals surface area (Å²) in [5, 5.41) is 13.0. The summed E-state index contributed by atoms with van der Waals surface area (Å²) < 4.78 is 42.7. The van der Waals surface area contributed by atoms with Crippen LogP contribution in [0.4, 0.5) is 13.2 Å². The molecule has 2 N–H and O–H groups in total. The Labute approximate surface area is 136 Å². The van der Waals surface area contributed by atoms with Crippen LogP contribution in [0.5, 0.6) is 0 Å². The second kappa shape index (κ2) is 6.27. The van der Waals surface area contributed by atoms with Crippen LogP contribution >= 0.6 is 0 Å². The van der Waals surface area contributed by atoms with Gasteiger partial charge < -0.3 is 14.8 Å². The first kappa shape index (κ1) is 18.0. The molecule has 2 aromatic rings. The number of aromatic nitrogens is 1. The van der Waals surface area contributed by atoms with Crippen molar-refractivity contribution in [1.82, 2.24) is 10.3 Å². The molecule has 24 heavy (non-hydrogen) atoms. The van der Waals surface area contributed by atoms with E-state index in [2.05, 4.69) is 10.3 Å². The molecule has 0 fully saturated rings. The molecule has 1 atom stereocenters. The minimum absolute atomic E-state index is 0.0288. The molecular weight excluding hydrogens is 325 g/mol. The van der Waals surface area contributed by atoms with Gasteiger partial charge in [0.1, 0.15) is 22.8 Å². The summed E-state index contributed by atoms with van der Waals surface area (Å²) in [6.07, 6.45) is -3.71. The van der Waals surface area contributed by atoms with E-state index in [1.54, 1.807) is 19.9 Å². The Kier molecular flexibility index (Phi) is 4.70. The van der Waals surface area contributed by atoms with Gasteiger partial charge in [0.25, 0.3) is 5.91 Å². The van der Waals surface area contributed by atoms with E-state index in [0.717, 1.165) is 18.3 Å². The van der Waals surface area contributed by atoms with Crippen molar-refractivity contribution in [3.63, 3.8) is 0 Å². The van der Waals surface area contributed by atoms with E-state index in [4.69, 9.17) is 4.42 Å². The fourth-order valence-electron chi connectivity index (χ4n) is 2.31. The van der Waals surface area contributed by atoms with Crippen LogP contribution in [0.3, 0.4) is 0 Å². The number of aryl methyl sites for hydroxylation is 2. The zero-order valence-electron chi connectivity index (χ0n) is 13.4. The first-order valence-corrected chi connectivity index (χ1v) is 7.12. The lowest BCUT2D eigenvalue weighted by atomic mass is 9.96. The number of amides is 1. The molecule has 8 heteroatoms. The van der Waals surface area contributed by atoms with Gasteiger partial charge in [-0.25, -0.2) is 0 Å². The number of furan rings is 1. The van der Waals surface area contributed by atoms with Gasteiger partial charge in [0.15, 0.2) is 0 Å². The van der Waals surface area contributed by atoms with Gasteiger partial charge in [-0.05, 0) is 39.0 Å². The second-order valence-corrected chi connectivity index (χ2v) is 5.71. The van der Waals surface area contributed by atoms with E-state index in [-0.39, 0.29) is 12.1 Å². The van der Waals surface area contributed by atoms with Crippen LogP contribution in [-0.4, -0.2) is 22.5 Å². The molecule has 0 saturated heterocycles. The van der Waals surface area contributed by atoms with Gasteiger partial charge in [-0.1, -0.05) is 0 Å². The van der Waals surface area contributed by atoms with E-state index in [0.29, 0.717) is 17.1 Å². The Bertz CT molecular complexity index is 734. The van der Waals surface area contributed by atoms with Crippen LogP contribution in [-0.2, 0) is 11.8 Å². The van der Waals surface area contributed by atoms with Gasteiger partial charge in [-0.15, -0.1) is 0 Å². The topological polar surface area (TPSA) is 75.4 Å². The zero-order valence-corrected chi connectivity index (χ0v) is 13.4. The maximum absolute atomic E-state index is 12.4. The van der Waals surface area contributed by atoms with E-state index in [9.17, 15) is 23.1 Å². The molecule has 2 heterocycles. The van der Waals surface area contributed by atoms with Crippen LogP contribution in [0.2, 0.25) is 0 Å². The molecule has 0 aliphatic heterocycles. The van der Waals surface area contributed by atoms with Gasteiger partial charge in [-0.3, -0.25) is 9.78 Å². The molecular formula is C16H17F3N2O3. The van der Waals surface area contributed by atoms with E-state index < -0.39 is 23.4 Å². The van der Waals surface area contributed by atoms with Gasteiger partial charge in [0.2, 0.25) is 0 Å². The molecule has 0 saturated carbocycles. The zero-order chi connectivity index (χ0) is 18.1. The predicted octanol–water partition coefficient (Wildman–Crippen LogP) is 2.95. The van der Waals surface area contributed by atoms with E-state index >= 15 is 0 Å². The fraction of sp³-hybridized carbons (Fsp3) is 0.375. The molecule has 1 unspecified atom stereocenters. The van der Waals surface area contributed by atoms with Crippen molar-refractivity contribution in [3.8, 4) is 0 Å². The van der Waals surface area contributed by atoms with Crippen LogP contribution in [0, 0.1) is 13.8 Å². The highest BCUT2D eigenvalue weighted by atomic mass is 19.4. The van der Waals surface area contributed by atoms with Crippen molar-refractivity contribution in [1.29, 1.82) is 0 Å². The highest BCUT2D eigenvalue weighted by Gasteiger charge is 2.32. The van der Waals surface area contributed by atoms with Crippen molar-refractivity contribution in [3.05, 3.63) is 52.7 Å². The molecule has 2 aromatic heterocycles. The fourth-order valence-corrected chi connectivity index (χ4v) is 2.31. The molecule has 0 bridgehead atoms. The largest absolute Gasteiger partial charge is 0.466 e. The van der Waals surface area contributed by atoms with Gasteiger partial charge in [0.05, 0.1) is 12.1 Å². The van der Waals surface area contributed by atoms with Gasteiger partial charge in [-0.2, -0.15) is 13.2 Å². The summed E-state index contributed by atoms with van der Waals surface area (Å²) in [5.74, 6) is 0.526. The lowest BCUT2D eigenvalue weighted by Gasteiger charge is -2.23. The van der Waals surface area contributed by atoms with Crippen molar-refractivity contribution in [2.45, 2.75) is 32.5 Å². The predicted molar refractivity (Wildman–Crippen MR) is 79.3 cm³/mol. The minimum Gasteiger partial charge on any atom is -0.466 e. The highest BCUT2D eigenvalue weighted by molar-refractivity contribution is 5.93. The Morgan fingerprint density at radius 1 is 1.33 bits per heavy atom. The van der Waals surface area contributed by atoms with Crippen molar-refractivity contribution in [2.24, 2.45) is 0 Å². The summed E-state index contributed by atoms with van der Waals surface area (Å²) in [5.41, 5.74) is -1.95. The van der Waals surface area contributed by atoms with Gasteiger partial charge in [0, 0.05) is 11.8 Å². The number of alkyl halides is 3. The van der Waals surface area contributed by atoms with Gasteiger partial charge >= 0.3 is 6.18 Å². The molecule has 0 aliphatic carbocycles. The van der Waals surface area contributed by atoms with Crippen molar-refractivity contribution < 1.29 is 27.5 Å². The van der Waals surface area contributed by atoms with Crippen molar-refractivity contribution >= 4 is 5.91 Å². The average molecular weight is 342 g/mol. The SMILES string of the molecule is Cc1cc(C(C)(O)CNC(=O)c2ccc(C(F)(F)F)nc2)c(C)o1. The number of carbonyl (C=O) groups is 1. The Morgan fingerprint density at radius 2 is 2.00 bits per heavy atom. The van der Waals surface area contributed by atoms with E-state index in [1.165, 1.54) is 6.92 Å². The van der Waals surface area contributed by atoms with Crippen LogP contribution in [0.1, 0.15) is 40.1 Å². The molecule has 0 spiro atoms. The van der Waals surface area contributed by atoms with Crippen molar-refractivity contribution in [2.75, 3.05) is 6.54 Å². The average Bonchev–Trinajstić information content (AvgIpc) is 2.84. The molecule has 1 amide bonds. The molecule has 130 valence electrons. The maximum Gasteiger partial charge on any atom is 0.433 e. The quantitative estimate of drug-likeness (QED) is 0.896. The number of rotatable bonds is 4. The number of carbonyl (C=O) groups excluding carboxylic acids is 1. The summed E-state index contributed by atoms with van der Waals surface area (Å²) >= 11 is 0. The molecule has 0 radical (unpaired) electrons. The Hall–Kier alpha value is -2.35. The minimum atomic E-state index is -4.56. The third kappa shape index (κ3) is 3.94. The van der Waals surface area contributed by atoms with E-state index in [1.807, 2.05) is 0 Å². The standard InChI is InChI=1S/C16H17F3N2O3/c1-9-6-12(10(2)24-9)15(3,23)8-21-14(22)11-4-5-13(20-7-11)16(17,18)19/h4-7,23H,8H2,1-3H3,(H,21,22). The third-order valence-electron chi connectivity index (χ3n) is 3.53. The monoisotopic (exact) mass is 342 g/mol. The molecule has 2 rings (SSSR count).